The van der Waals surface area contributed by atoms with Crippen LogP contribution in [0.15, 0.2) is 18.2 Å². The van der Waals surface area contributed by atoms with Crippen LogP contribution in [-0.4, -0.2) is 41.1 Å². The van der Waals surface area contributed by atoms with E-state index >= 15 is 0 Å². The minimum absolute atomic E-state index is 0.0439. The van der Waals surface area contributed by atoms with Gasteiger partial charge in [-0.3, -0.25) is 19.2 Å². The third-order valence-electron chi connectivity index (χ3n) is 6.02. The molecule has 0 spiro atoms. The van der Waals surface area contributed by atoms with Crippen molar-refractivity contribution in [1.82, 2.24) is 4.98 Å². The predicted octanol–water partition coefficient (Wildman–Crippen LogP) is 3.62. The molecule has 2 aromatic rings. The number of amides is 1. The number of benzene rings is 1. The van der Waals surface area contributed by atoms with Crippen LogP contribution in [0.5, 0.6) is 0 Å². The molecule has 0 bridgehead atoms. The largest absolute Gasteiger partial charge is 0.454 e. The summed E-state index contributed by atoms with van der Waals surface area (Å²) in [6, 6.07) is 5.72. The number of hydrogen-bond donors (Lipinski definition) is 1. The van der Waals surface area contributed by atoms with Crippen molar-refractivity contribution in [2.24, 2.45) is 5.92 Å². The Morgan fingerprint density at radius 1 is 1.13 bits per heavy atom. The molecular formula is C24H28N2O5. The highest BCUT2D eigenvalue weighted by atomic mass is 16.5. The Hall–Kier alpha value is -3.22. The predicted molar refractivity (Wildman–Crippen MR) is 117 cm³/mol. The number of ketones is 2. The summed E-state index contributed by atoms with van der Waals surface area (Å²) in [5, 5.41) is 0. The summed E-state index contributed by atoms with van der Waals surface area (Å²) in [6.07, 6.45) is -0.990. The van der Waals surface area contributed by atoms with Gasteiger partial charge in [-0.25, -0.2) is 0 Å². The average Bonchev–Trinajstić information content (AvgIpc) is 3.22. The first kappa shape index (κ1) is 22.5. The van der Waals surface area contributed by atoms with E-state index in [1.165, 1.54) is 13.8 Å². The van der Waals surface area contributed by atoms with Crippen molar-refractivity contribution >= 4 is 29.1 Å². The monoisotopic (exact) mass is 424 g/mol. The first-order chi connectivity index (χ1) is 14.5. The number of aromatic amines is 1. The molecule has 1 aliphatic heterocycles. The van der Waals surface area contributed by atoms with Crippen molar-refractivity contribution in [2.75, 3.05) is 11.4 Å². The van der Waals surface area contributed by atoms with Crippen molar-refractivity contribution in [3.05, 3.63) is 51.8 Å². The summed E-state index contributed by atoms with van der Waals surface area (Å²) in [7, 11) is 0. The minimum Gasteiger partial charge on any atom is -0.454 e. The molecule has 1 aliphatic rings. The van der Waals surface area contributed by atoms with E-state index in [-0.39, 0.29) is 30.3 Å². The summed E-state index contributed by atoms with van der Waals surface area (Å²) in [4.78, 5) is 54.5. The van der Waals surface area contributed by atoms with Gasteiger partial charge in [-0.2, -0.15) is 0 Å². The fourth-order valence-corrected chi connectivity index (χ4v) is 4.18. The zero-order chi connectivity index (χ0) is 23.0. The van der Waals surface area contributed by atoms with Gasteiger partial charge in [-0.05, 0) is 64.3 Å². The molecule has 164 valence electrons. The van der Waals surface area contributed by atoms with Gasteiger partial charge in [0.2, 0.25) is 11.7 Å². The number of nitrogens with zero attached hydrogens (tertiary/aromatic N) is 1. The molecule has 0 radical (unpaired) electrons. The molecule has 1 aromatic heterocycles. The summed E-state index contributed by atoms with van der Waals surface area (Å²) in [6.45, 7) is 10.5. The number of H-pyrrole nitrogens is 1. The van der Waals surface area contributed by atoms with Gasteiger partial charge in [0.05, 0.1) is 11.6 Å². The van der Waals surface area contributed by atoms with Crippen molar-refractivity contribution in [1.29, 1.82) is 0 Å². The fraction of sp³-hybridized carbons (Fsp3) is 0.417. The minimum atomic E-state index is -1.03. The van der Waals surface area contributed by atoms with Gasteiger partial charge in [0.1, 0.15) is 0 Å². The second kappa shape index (κ2) is 8.49. The molecule has 7 nitrogen and oxygen atoms in total. The number of ether oxygens (including phenoxy) is 1. The van der Waals surface area contributed by atoms with Crippen LogP contribution in [-0.2, 0) is 14.3 Å². The highest BCUT2D eigenvalue weighted by Gasteiger charge is 2.38. The van der Waals surface area contributed by atoms with E-state index in [0.29, 0.717) is 16.8 Å². The smallest absolute Gasteiger partial charge is 0.312 e. The standard InChI is InChI=1S/C24H28N2O5/c1-12-8-7-9-19(13(12)2)26-11-18(10-20(26)28)24(30)31-17(6)23(29)22-14(3)21(16(5)27)15(4)25-22/h7-9,17-18,25H,10-11H2,1-6H3/t17-,18-/m1/s1. The molecule has 31 heavy (non-hydrogen) atoms. The topological polar surface area (TPSA) is 96.5 Å². The van der Waals surface area contributed by atoms with Gasteiger partial charge in [0.25, 0.3) is 0 Å². The lowest BCUT2D eigenvalue weighted by Crippen LogP contribution is -2.31. The number of anilines is 1. The van der Waals surface area contributed by atoms with Crippen molar-refractivity contribution < 1.29 is 23.9 Å². The van der Waals surface area contributed by atoms with Crippen molar-refractivity contribution in [3.63, 3.8) is 0 Å². The van der Waals surface area contributed by atoms with E-state index in [0.717, 1.165) is 16.8 Å². The van der Waals surface area contributed by atoms with Crippen molar-refractivity contribution in [3.8, 4) is 0 Å². The molecular weight excluding hydrogens is 396 g/mol. The Kier molecular flexibility index (Phi) is 6.15. The van der Waals surface area contributed by atoms with Gasteiger partial charge in [-0.1, -0.05) is 12.1 Å². The molecule has 0 aliphatic carbocycles. The number of aromatic nitrogens is 1. The third kappa shape index (κ3) is 4.17. The Labute approximate surface area is 181 Å². The summed E-state index contributed by atoms with van der Waals surface area (Å²) >= 11 is 0. The molecule has 1 saturated heterocycles. The Bertz CT molecular complexity index is 1080. The molecule has 1 aromatic carbocycles. The second-order valence-electron chi connectivity index (χ2n) is 8.25. The van der Waals surface area contributed by atoms with Crippen LogP contribution in [0.4, 0.5) is 5.69 Å². The lowest BCUT2D eigenvalue weighted by molar-refractivity contribution is -0.151. The van der Waals surface area contributed by atoms with Gasteiger partial charge >= 0.3 is 5.97 Å². The van der Waals surface area contributed by atoms with E-state index < -0.39 is 23.8 Å². The quantitative estimate of drug-likeness (QED) is 0.564. The second-order valence-corrected chi connectivity index (χ2v) is 8.25. The number of carbonyl (C=O) groups excluding carboxylic acids is 4. The van der Waals surface area contributed by atoms with E-state index in [1.54, 1.807) is 18.7 Å². The molecule has 3 rings (SSSR count). The normalized spacial score (nSPS) is 17.0. The molecule has 2 atom stereocenters. The summed E-state index contributed by atoms with van der Waals surface area (Å²) in [5.74, 6) is -1.89. The lowest BCUT2D eigenvalue weighted by Gasteiger charge is -2.20. The maximum absolute atomic E-state index is 12.8. The van der Waals surface area contributed by atoms with E-state index in [4.69, 9.17) is 4.74 Å². The van der Waals surface area contributed by atoms with Gasteiger partial charge in [0, 0.05) is 29.9 Å². The van der Waals surface area contributed by atoms with Crippen LogP contribution in [0.1, 0.15) is 63.5 Å². The van der Waals surface area contributed by atoms with E-state index in [9.17, 15) is 19.2 Å². The molecule has 0 saturated carbocycles. The molecule has 2 heterocycles. The lowest BCUT2D eigenvalue weighted by atomic mass is 10.0. The molecule has 1 amide bonds. The summed E-state index contributed by atoms with van der Waals surface area (Å²) < 4.78 is 5.43. The highest BCUT2D eigenvalue weighted by Crippen LogP contribution is 2.30. The molecule has 1 N–H and O–H groups in total. The molecule has 7 heteroatoms. The van der Waals surface area contributed by atoms with Crippen LogP contribution in [0.25, 0.3) is 0 Å². The van der Waals surface area contributed by atoms with Crippen molar-refractivity contribution in [2.45, 2.75) is 54.1 Å². The SMILES string of the molecule is CC(=O)c1c(C)[nH]c(C(=O)[C@@H](C)OC(=O)[C@@H]2CC(=O)N(c3cccc(C)c3C)C2)c1C. The number of carbonyl (C=O) groups is 4. The van der Waals surface area contributed by atoms with E-state index in [1.807, 2.05) is 32.0 Å². The maximum Gasteiger partial charge on any atom is 0.312 e. The Balaban J connectivity index is 1.71. The maximum atomic E-state index is 12.8. The number of hydrogen-bond acceptors (Lipinski definition) is 5. The number of esters is 1. The number of Topliss-reactive ketones (excluding diaryl/α,β-unsaturated/α-hetero) is 2. The molecule has 0 unspecified atom stereocenters. The van der Waals surface area contributed by atoms with E-state index in [2.05, 4.69) is 4.98 Å². The Morgan fingerprint density at radius 3 is 2.42 bits per heavy atom. The zero-order valence-corrected chi connectivity index (χ0v) is 18.8. The van der Waals surface area contributed by atoms with Gasteiger partial charge < -0.3 is 14.6 Å². The first-order valence-corrected chi connectivity index (χ1v) is 10.3. The van der Waals surface area contributed by atoms with Crippen LogP contribution in [0.3, 0.4) is 0 Å². The first-order valence-electron chi connectivity index (χ1n) is 10.3. The zero-order valence-electron chi connectivity index (χ0n) is 18.8. The fourth-order valence-electron chi connectivity index (χ4n) is 4.18. The van der Waals surface area contributed by atoms with Crippen LogP contribution >= 0.6 is 0 Å². The Morgan fingerprint density at radius 2 is 1.81 bits per heavy atom. The number of rotatable bonds is 6. The van der Waals surface area contributed by atoms with Crippen LogP contribution in [0, 0.1) is 33.6 Å². The van der Waals surface area contributed by atoms with Gasteiger partial charge in [0.15, 0.2) is 11.9 Å². The van der Waals surface area contributed by atoms with Crippen LogP contribution < -0.4 is 4.90 Å². The van der Waals surface area contributed by atoms with Gasteiger partial charge in [-0.15, -0.1) is 0 Å². The molecule has 1 fully saturated rings. The summed E-state index contributed by atoms with van der Waals surface area (Å²) in [5.41, 5.74) is 4.76. The number of nitrogens with one attached hydrogen (secondary N) is 1. The third-order valence-corrected chi connectivity index (χ3v) is 6.02. The average molecular weight is 424 g/mol. The van der Waals surface area contributed by atoms with Crippen LogP contribution in [0.2, 0.25) is 0 Å². The number of aryl methyl sites for hydroxylation is 2. The highest BCUT2D eigenvalue weighted by molar-refractivity contribution is 6.05.